The van der Waals surface area contributed by atoms with Gasteiger partial charge in [0.1, 0.15) is 0 Å². The van der Waals surface area contributed by atoms with Crippen LogP contribution in [-0.2, 0) is 9.84 Å². The van der Waals surface area contributed by atoms with Crippen molar-refractivity contribution in [3.05, 3.63) is 11.8 Å². The number of aromatic nitrogens is 2. The number of nitrogens with zero attached hydrogens (tertiary/aromatic N) is 2. The van der Waals surface area contributed by atoms with Crippen molar-refractivity contribution in [1.82, 2.24) is 9.97 Å². The van der Waals surface area contributed by atoms with Crippen LogP contribution in [0.5, 0.6) is 5.88 Å². The molecule has 1 aromatic heterocycles. The topological polar surface area (TPSA) is 69.2 Å². The summed E-state index contributed by atoms with van der Waals surface area (Å²) in [6.45, 7) is -1.60. The average molecular weight is 238 g/mol. The lowest BCUT2D eigenvalue weighted by atomic mass is 10.4. The third kappa shape index (κ3) is 3.39. The molecule has 0 atom stereocenters. The molecule has 0 aliphatic heterocycles. The van der Waals surface area contributed by atoms with E-state index in [2.05, 4.69) is 14.7 Å². The maximum absolute atomic E-state index is 11.8. The molecule has 0 aliphatic rings. The third-order valence-corrected chi connectivity index (χ3v) is 2.20. The maximum atomic E-state index is 11.8. The summed E-state index contributed by atoms with van der Waals surface area (Å²) in [5.74, 6) is -0.460. The Labute approximate surface area is 85.0 Å². The zero-order valence-electron chi connectivity index (χ0n) is 7.94. The third-order valence-electron chi connectivity index (χ3n) is 1.35. The van der Waals surface area contributed by atoms with Gasteiger partial charge in [-0.3, -0.25) is 0 Å². The van der Waals surface area contributed by atoms with Crippen molar-refractivity contribution in [3.8, 4) is 5.88 Å². The van der Waals surface area contributed by atoms with Crippen molar-refractivity contribution in [2.45, 2.75) is 18.7 Å². The molecule has 0 fully saturated rings. The lowest BCUT2D eigenvalue weighted by molar-refractivity contribution is -0.0534. The van der Waals surface area contributed by atoms with E-state index in [1.54, 1.807) is 0 Å². The molecule has 0 aromatic carbocycles. The first-order valence-electron chi connectivity index (χ1n) is 3.79. The number of hydrogen-bond donors (Lipinski definition) is 0. The smallest absolute Gasteiger partial charge is 0.388 e. The van der Waals surface area contributed by atoms with E-state index in [9.17, 15) is 17.2 Å². The average Bonchev–Trinajstić information content (AvgIpc) is 1.99. The number of hydrogen-bond acceptors (Lipinski definition) is 5. The van der Waals surface area contributed by atoms with Gasteiger partial charge in [-0.1, -0.05) is 0 Å². The number of rotatable bonds is 3. The molecule has 8 heteroatoms. The van der Waals surface area contributed by atoms with Gasteiger partial charge in [0, 0.05) is 18.0 Å². The van der Waals surface area contributed by atoms with Crippen LogP contribution in [0.4, 0.5) is 8.78 Å². The molecule has 15 heavy (non-hydrogen) atoms. The Morgan fingerprint density at radius 2 is 2.00 bits per heavy atom. The van der Waals surface area contributed by atoms with Gasteiger partial charge in [0.15, 0.2) is 0 Å². The first kappa shape index (κ1) is 11.8. The Morgan fingerprint density at radius 3 is 2.47 bits per heavy atom. The van der Waals surface area contributed by atoms with Gasteiger partial charge in [0.25, 0.3) is 0 Å². The van der Waals surface area contributed by atoms with E-state index < -0.39 is 27.5 Å². The lowest BCUT2D eigenvalue weighted by Gasteiger charge is -2.05. The second kappa shape index (κ2) is 4.05. The number of halogens is 2. The van der Waals surface area contributed by atoms with Gasteiger partial charge in [-0.15, -0.1) is 0 Å². The molecule has 0 saturated carbocycles. The van der Waals surface area contributed by atoms with Gasteiger partial charge in [-0.25, -0.2) is 13.4 Å². The van der Waals surface area contributed by atoms with Crippen LogP contribution in [0.2, 0.25) is 0 Å². The predicted molar refractivity (Wildman–Crippen MR) is 46.5 cm³/mol. The van der Waals surface area contributed by atoms with Gasteiger partial charge in [0.05, 0.1) is 0 Å². The van der Waals surface area contributed by atoms with Crippen LogP contribution in [0.3, 0.4) is 0 Å². The number of sulfone groups is 1. The Bertz CT molecular complexity index is 461. The summed E-state index contributed by atoms with van der Waals surface area (Å²) < 4.78 is 49.8. The van der Waals surface area contributed by atoms with Gasteiger partial charge >= 0.3 is 6.61 Å². The van der Waals surface area contributed by atoms with Crippen molar-refractivity contribution in [2.75, 3.05) is 6.26 Å². The molecule has 0 aliphatic carbocycles. The molecule has 1 heterocycles. The van der Waals surface area contributed by atoms with Crippen LogP contribution < -0.4 is 4.74 Å². The van der Waals surface area contributed by atoms with E-state index in [4.69, 9.17) is 0 Å². The highest BCUT2D eigenvalue weighted by Gasteiger charge is 2.15. The Kier molecular flexibility index (Phi) is 3.18. The van der Waals surface area contributed by atoms with Gasteiger partial charge in [0.2, 0.25) is 20.9 Å². The van der Waals surface area contributed by atoms with Crippen LogP contribution in [0, 0.1) is 6.92 Å². The van der Waals surface area contributed by atoms with Gasteiger partial charge in [-0.05, 0) is 6.92 Å². The van der Waals surface area contributed by atoms with Crippen LogP contribution in [0.1, 0.15) is 5.69 Å². The van der Waals surface area contributed by atoms with E-state index in [-0.39, 0.29) is 5.69 Å². The zero-order chi connectivity index (χ0) is 11.6. The second-order valence-electron chi connectivity index (χ2n) is 2.78. The molecule has 1 rings (SSSR count). The van der Waals surface area contributed by atoms with Crippen molar-refractivity contribution < 1.29 is 21.9 Å². The molecule has 5 nitrogen and oxygen atoms in total. The Hall–Kier alpha value is -1.31. The Balaban J connectivity index is 3.17. The number of alkyl halides is 2. The van der Waals surface area contributed by atoms with Crippen LogP contribution >= 0.6 is 0 Å². The molecular weight excluding hydrogens is 230 g/mol. The number of ether oxygens (including phenoxy) is 1. The molecule has 0 radical (unpaired) electrons. The Morgan fingerprint density at radius 1 is 1.40 bits per heavy atom. The van der Waals surface area contributed by atoms with E-state index in [1.807, 2.05) is 0 Å². The second-order valence-corrected chi connectivity index (χ2v) is 4.69. The molecule has 0 unspecified atom stereocenters. The summed E-state index contributed by atoms with van der Waals surface area (Å²) >= 11 is 0. The molecule has 0 N–H and O–H groups in total. The molecule has 0 bridgehead atoms. The summed E-state index contributed by atoms with van der Waals surface area (Å²) in [7, 11) is -3.63. The lowest BCUT2D eigenvalue weighted by Crippen LogP contribution is -2.09. The standard InChI is InChI=1S/C7H8F2N2O3S/c1-4-3-5(14-6(8)9)11-7(10-4)15(2,12)13/h3,6H,1-2H3. The fraction of sp³-hybridized carbons (Fsp3) is 0.429. The molecular formula is C7H8F2N2O3S. The van der Waals surface area contributed by atoms with E-state index in [0.29, 0.717) is 0 Å². The molecule has 1 aromatic rings. The highest BCUT2D eigenvalue weighted by atomic mass is 32.2. The van der Waals surface area contributed by atoms with Crippen LogP contribution in [0.25, 0.3) is 0 Å². The summed E-state index contributed by atoms with van der Waals surface area (Å²) in [6, 6.07) is 1.13. The quantitative estimate of drug-likeness (QED) is 0.728. The predicted octanol–water partition coefficient (Wildman–Crippen LogP) is 0.790. The summed E-state index contributed by atoms with van der Waals surface area (Å²) in [5.41, 5.74) is 0.237. The SMILES string of the molecule is Cc1cc(OC(F)F)nc(S(C)(=O)=O)n1. The fourth-order valence-electron chi connectivity index (χ4n) is 0.831. The monoisotopic (exact) mass is 238 g/mol. The molecule has 0 saturated heterocycles. The fourth-order valence-corrected chi connectivity index (χ4v) is 1.40. The normalized spacial score (nSPS) is 11.8. The molecule has 0 spiro atoms. The maximum Gasteiger partial charge on any atom is 0.388 e. The van der Waals surface area contributed by atoms with Gasteiger partial charge < -0.3 is 4.74 Å². The summed E-state index contributed by atoms with van der Waals surface area (Å²) in [5, 5.41) is -0.529. The van der Waals surface area contributed by atoms with E-state index >= 15 is 0 Å². The van der Waals surface area contributed by atoms with E-state index in [1.165, 1.54) is 6.92 Å². The highest BCUT2D eigenvalue weighted by Crippen LogP contribution is 2.14. The van der Waals surface area contributed by atoms with Crippen molar-refractivity contribution in [3.63, 3.8) is 0 Å². The first-order chi connectivity index (χ1) is 6.79. The zero-order valence-corrected chi connectivity index (χ0v) is 8.75. The number of aryl methyl sites for hydroxylation is 1. The first-order valence-corrected chi connectivity index (χ1v) is 5.69. The van der Waals surface area contributed by atoms with Crippen LogP contribution in [0.15, 0.2) is 11.2 Å². The van der Waals surface area contributed by atoms with Crippen molar-refractivity contribution >= 4 is 9.84 Å². The van der Waals surface area contributed by atoms with Gasteiger partial charge in [-0.2, -0.15) is 13.8 Å². The molecule has 84 valence electrons. The highest BCUT2D eigenvalue weighted by molar-refractivity contribution is 7.90. The minimum atomic E-state index is -3.63. The minimum Gasteiger partial charge on any atom is -0.417 e. The largest absolute Gasteiger partial charge is 0.417 e. The summed E-state index contributed by atoms with van der Waals surface area (Å²) in [6.07, 6.45) is 0.883. The van der Waals surface area contributed by atoms with Crippen LogP contribution in [-0.4, -0.2) is 31.3 Å². The minimum absolute atomic E-state index is 0.237. The summed E-state index contributed by atoms with van der Waals surface area (Å²) in [4.78, 5) is 6.93. The van der Waals surface area contributed by atoms with E-state index in [0.717, 1.165) is 12.3 Å². The molecule has 0 amide bonds. The van der Waals surface area contributed by atoms with Crippen molar-refractivity contribution in [1.29, 1.82) is 0 Å². The van der Waals surface area contributed by atoms with Crippen molar-refractivity contribution in [2.24, 2.45) is 0 Å².